The van der Waals surface area contributed by atoms with Gasteiger partial charge in [-0.2, -0.15) is 0 Å². The Labute approximate surface area is 118 Å². The van der Waals surface area contributed by atoms with Crippen molar-refractivity contribution in [3.63, 3.8) is 0 Å². The van der Waals surface area contributed by atoms with E-state index in [1.165, 1.54) is 12.1 Å². The average molecular weight is 280 g/mol. The molecule has 2 atom stereocenters. The first-order chi connectivity index (χ1) is 9.70. The molecule has 0 spiro atoms. The molecule has 1 aliphatic rings. The van der Waals surface area contributed by atoms with E-state index in [0.717, 1.165) is 18.5 Å². The number of carbonyl (C=O) groups excluding carboxylic acids is 1. The number of benzene rings is 1. The Morgan fingerprint density at radius 3 is 2.80 bits per heavy atom. The van der Waals surface area contributed by atoms with Gasteiger partial charge in [0, 0.05) is 12.6 Å². The molecule has 1 aromatic rings. The van der Waals surface area contributed by atoms with E-state index in [4.69, 9.17) is 4.74 Å². The smallest absolute Gasteiger partial charge is 0.227 e. The zero-order valence-corrected chi connectivity index (χ0v) is 11.7. The normalized spacial score (nSPS) is 21.9. The molecule has 1 fully saturated rings. The van der Waals surface area contributed by atoms with E-state index < -0.39 is 0 Å². The Balaban J connectivity index is 1.83. The fraction of sp³-hybridized carbons (Fsp3) is 0.533. The molecule has 110 valence electrons. The molecule has 5 heteroatoms. The van der Waals surface area contributed by atoms with Crippen LogP contribution in [0.1, 0.15) is 18.9 Å². The van der Waals surface area contributed by atoms with Crippen LogP contribution in [0.15, 0.2) is 24.3 Å². The van der Waals surface area contributed by atoms with E-state index in [2.05, 4.69) is 17.6 Å². The van der Waals surface area contributed by atoms with E-state index in [1.807, 2.05) is 0 Å². The van der Waals surface area contributed by atoms with Crippen molar-refractivity contribution in [1.29, 1.82) is 0 Å². The minimum Gasteiger partial charge on any atom is -0.379 e. The van der Waals surface area contributed by atoms with Crippen LogP contribution in [0.2, 0.25) is 0 Å². The second-order valence-electron chi connectivity index (χ2n) is 5.05. The zero-order chi connectivity index (χ0) is 14.4. The van der Waals surface area contributed by atoms with Gasteiger partial charge in [-0.1, -0.05) is 19.1 Å². The topological polar surface area (TPSA) is 50.4 Å². The molecule has 0 aliphatic carbocycles. The van der Waals surface area contributed by atoms with Gasteiger partial charge >= 0.3 is 0 Å². The van der Waals surface area contributed by atoms with E-state index >= 15 is 0 Å². The molecule has 0 aromatic heterocycles. The van der Waals surface area contributed by atoms with Gasteiger partial charge in [0.15, 0.2) is 0 Å². The quantitative estimate of drug-likeness (QED) is 0.829. The largest absolute Gasteiger partial charge is 0.379 e. The molecule has 1 aliphatic heterocycles. The van der Waals surface area contributed by atoms with Crippen molar-refractivity contribution in [3.05, 3.63) is 35.6 Å². The van der Waals surface area contributed by atoms with Crippen LogP contribution in [0.5, 0.6) is 0 Å². The maximum Gasteiger partial charge on any atom is 0.227 e. The van der Waals surface area contributed by atoms with Crippen LogP contribution in [-0.4, -0.2) is 31.7 Å². The summed E-state index contributed by atoms with van der Waals surface area (Å²) in [5.74, 6) is -0.435. The summed E-state index contributed by atoms with van der Waals surface area (Å²) in [5, 5.41) is 6.22. The van der Waals surface area contributed by atoms with Crippen molar-refractivity contribution in [1.82, 2.24) is 10.6 Å². The van der Waals surface area contributed by atoms with Crippen molar-refractivity contribution < 1.29 is 13.9 Å². The molecule has 1 aromatic carbocycles. The highest BCUT2D eigenvalue weighted by atomic mass is 19.1. The summed E-state index contributed by atoms with van der Waals surface area (Å²) in [5.41, 5.74) is 0.886. The van der Waals surface area contributed by atoms with Crippen molar-refractivity contribution in [2.75, 3.05) is 19.8 Å². The lowest BCUT2D eigenvalue weighted by molar-refractivity contribution is -0.125. The summed E-state index contributed by atoms with van der Waals surface area (Å²) in [4.78, 5) is 12.2. The van der Waals surface area contributed by atoms with Crippen molar-refractivity contribution in [2.24, 2.45) is 5.92 Å². The van der Waals surface area contributed by atoms with Crippen LogP contribution in [0.3, 0.4) is 0 Å². The fourth-order valence-corrected chi connectivity index (χ4v) is 2.27. The van der Waals surface area contributed by atoms with Gasteiger partial charge in [-0.3, -0.25) is 4.79 Å². The Morgan fingerprint density at radius 2 is 2.10 bits per heavy atom. The van der Waals surface area contributed by atoms with Crippen LogP contribution in [0.4, 0.5) is 4.39 Å². The van der Waals surface area contributed by atoms with Crippen LogP contribution >= 0.6 is 0 Å². The molecule has 1 saturated heterocycles. The highest BCUT2D eigenvalue weighted by Crippen LogP contribution is 2.14. The number of hydrogen-bond acceptors (Lipinski definition) is 3. The predicted molar refractivity (Wildman–Crippen MR) is 74.6 cm³/mol. The summed E-state index contributed by atoms with van der Waals surface area (Å²) in [6, 6.07) is 6.22. The first-order valence-corrected chi connectivity index (χ1v) is 7.04. The van der Waals surface area contributed by atoms with Gasteiger partial charge in [0.2, 0.25) is 5.91 Å². The molecule has 20 heavy (non-hydrogen) atoms. The molecule has 1 heterocycles. The molecule has 2 N–H and O–H groups in total. The Bertz CT molecular complexity index is 436. The number of ether oxygens (including phenoxy) is 1. The number of nitrogens with one attached hydrogen (secondary N) is 2. The van der Waals surface area contributed by atoms with Crippen molar-refractivity contribution in [3.8, 4) is 0 Å². The van der Waals surface area contributed by atoms with Gasteiger partial charge in [0.25, 0.3) is 0 Å². The number of amides is 1. The maximum atomic E-state index is 12.8. The summed E-state index contributed by atoms with van der Waals surface area (Å²) < 4.78 is 18.2. The summed E-state index contributed by atoms with van der Waals surface area (Å²) in [6.07, 6.45) is 1.03. The number of rotatable bonds is 6. The molecule has 2 unspecified atom stereocenters. The first-order valence-electron chi connectivity index (χ1n) is 7.04. The maximum absolute atomic E-state index is 12.8. The fourth-order valence-electron chi connectivity index (χ4n) is 2.27. The third kappa shape index (κ3) is 4.02. The summed E-state index contributed by atoms with van der Waals surface area (Å²) >= 11 is 0. The predicted octanol–water partition coefficient (Wildman–Crippen LogP) is 1.46. The number of hydrogen-bond donors (Lipinski definition) is 2. The Kier molecular flexibility index (Phi) is 5.49. The summed E-state index contributed by atoms with van der Waals surface area (Å²) in [6.45, 7) is 4.42. The standard InChI is InChI=1S/C15H21FN2O2/c1-2-7-17-14-10-20-9-13(14)15(19)18-8-11-3-5-12(16)6-4-11/h3-6,13-14,17H,2,7-10H2,1H3,(H,18,19). The molecular formula is C15H21FN2O2. The Morgan fingerprint density at radius 1 is 1.35 bits per heavy atom. The molecule has 0 bridgehead atoms. The first kappa shape index (κ1) is 14.9. The third-order valence-corrected chi connectivity index (χ3v) is 3.45. The van der Waals surface area contributed by atoms with E-state index in [9.17, 15) is 9.18 Å². The third-order valence-electron chi connectivity index (χ3n) is 3.45. The second-order valence-corrected chi connectivity index (χ2v) is 5.05. The average Bonchev–Trinajstić information content (AvgIpc) is 2.92. The highest BCUT2D eigenvalue weighted by Gasteiger charge is 2.33. The SMILES string of the molecule is CCCNC1COCC1C(=O)NCc1ccc(F)cc1. The van der Waals surface area contributed by atoms with Crippen molar-refractivity contribution in [2.45, 2.75) is 25.9 Å². The minimum absolute atomic E-state index is 0.0135. The molecule has 2 rings (SSSR count). The molecule has 0 saturated carbocycles. The number of halogens is 1. The van der Waals surface area contributed by atoms with Gasteiger partial charge in [0.05, 0.1) is 19.1 Å². The molecular weight excluding hydrogens is 259 g/mol. The lowest BCUT2D eigenvalue weighted by atomic mass is 10.0. The van der Waals surface area contributed by atoms with Crippen LogP contribution < -0.4 is 10.6 Å². The van der Waals surface area contributed by atoms with E-state index in [-0.39, 0.29) is 23.7 Å². The van der Waals surface area contributed by atoms with Crippen molar-refractivity contribution >= 4 is 5.91 Å². The van der Waals surface area contributed by atoms with Gasteiger partial charge < -0.3 is 15.4 Å². The van der Waals surface area contributed by atoms with Gasteiger partial charge in [-0.05, 0) is 30.7 Å². The van der Waals surface area contributed by atoms with Crippen LogP contribution in [-0.2, 0) is 16.1 Å². The van der Waals surface area contributed by atoms with E-state index in [0.29, 0.717) is 19.8 Å². The monoisotopic (exact) mass is 280 g/mol. The highest BCUT2D eigenvalue weighted by molar-refractivity contribution is 5.79. The number of carbonyl (C=O) groups is 1. The molecule has 4 nitrogen and oxygen atoms in total. The molecule has 1 amide bonds. The summed E-state index contributed by atoms with van der Waals surface area (Å²) in [7, 11) is 0. The second kappa shape index (κ2) is 7.36. The van der Waals surface area contributed by atoms with Crippen LogP contribution in [0, 0.1) is 11.7 Å². The zero-order valence-electron chi connectivity index (χ0n) is 11.7. The lowest BCUT2D eigenvalue weighted by Crippen LogP contribution is -2.44. The molecule has 0 radical (unpaired) electrons. The van der Waals surface area contributed by atoms with Gasteiger partial charge in [-0.25, -0.2) is 4.39 Å². The minimum atomic E-state index is -0.270. The van der Waals surface area contributed by atoms with E-state index in [1.54, 1.807) is 12.1 Å². The van der Waals surface area contributed by atoms with Crippen LogP contribution in [0.25, 0.3) is 0 Å². The van der Waals surface area contributed by atoms with Gasteiger partial charge in [-0.15, -0.1) is 0 Å². The van der Waals surface area contributed by atoms with Gasteiger partial charge in [0.1, 0.15) is 5.82 Å². The Hall–Kier alpha value is -1.46. The lowest BCUT2D eigenvalue weighted by Gasteiger charge is -2.18.